The minimum atomic E-state index is 0. The number of rotatable bonds is 6. The van der Waals surface area contributed by atoms with Crippen molar-refractivity contribution < 1.29 is 9.47 Å². The second kappa shape index (κ2) is 10.3. The van der Waals surface area contributed by atoms with Crippen LogP contribution in [-0.4, -0.2) is 25.8 Å². The van der Waals surface area contributed by atoms with Gasteiger partial charge in [-0.05, 0) is 43.0 Å². The highest BCUT2D eigenvalue weighted by Gasteiger charge is 2.13. The van der Waals surface area contributed by atoms with Gasteiger partial charge in [0, 0.05) is 19.6 Å². The molecule has 0 fully saturated rings. The first-order valence-corrected chi connectivity index (χ1v) is 8.64. The smallest absolute Gasteiger partial charge is 0.231 e. The van der Waals surface area contributed by atoms with Gasteiger partial charge in [0.05, 0.1) is 0 Å². The fourth-order valence-corrected chi connectivity index (χ4v) is 2.76. The number of aryl methyl sites for hydroxylation is 1. The van der Waals surface area contributed by atoms with E-state index in [4.69, 9.17) is 9.47 Å². The number of benzene rings is 2. The fraction of sp³-hybridized carbons (Fsp3) is 0.350. The number of hydrogen-bond donors (Lipinski definition) is 2. The van der Waals surface area contributed by atoms with Gasteiger partial charge in [-0.1, -0.05) is 36.4 Å². The molecular weight excluding hydrogens is 441 g/mol. The van der Waals surface area contributed by atoms with Crippen LogP contribution < -0.4 is 20.1 Å². The third-order valence-electron chi connectivity index (χ3n) is 4.21. The predicted octanol–water partition coefficient (Wildman–Crippen LogP) is 3.72. The first-order chi connectivity index (χ1) is 12.2. The summed E-state index contributed by atoms with van der Waals surface area (Å²) in [5, 5.41) is 6.79. The Labute approximate surface area is 172 Å². The molecule has 0 amide bonds. The van der Waals surface area contributed by atoms with Gasteiger partial charge in [0.2, 0.25) is 6.79 Å². The molecule has 3 rings (SSSR count). The highest BCUT2D eigenvalue weighted by atomic mass is 127. The Bertz CT molecular complexity index is 722. The zero-order chi connectivity index (χ0) is 17.5. The zero-order valence-electron chi connectivity index (χ0n) is 15.2. The average Bonchev–Trinajstić information content (AvgIpc) is 3.12. The van der Waals surface area contributed by atoms with Crippen LogP contribution in [0, 0.1) is 0 Å². The van der Waals surface area contributed by atoms with Gasteiger partial charge in [0.15, 0.2) is 17.5 Å². The Morgan fingerprint density at radius 2 is 1.85 bits per heavy atom. The van der Waals surface area contributed by atoms with E-state index in [1.54, 1.807) is 7.05 Å². The maximum atomic E-state index is 5.41. The minimum Gasteiger partial charge on any atom is -0.454 e. The number of fused-ring (bicyclic) bond motifs is 1. The molecule has 1 heterocycles. The Morgan fingerprint density at radius 1 is 1.08 bits per heavy atom. The van der Waals surface area contributed by atoms with Gasteiger partial charge in [-0.15, -0.1) is 24.0 Å². The van der Waals surface area contributed by atoms with Crippen LogP contribution in [0.25, 0.3) is 0 Å². The van der Waals surface area contributed by atoms with Gasteiger partial charge in [-0.3, -0.25) is 4.99 Å². The quantitative estimate of drug-likeness (QED) is 0.387. The summed E-state index contributed by atoms with van der Waals surface area (Å²) in [5.74, 6) is 2.41. The predicted molar refractivity (Wildman–Crippen MR) is 116 cm³/mol. The summed E-state index contributed by atoms with van der Waals surface area (Å²) in [5.41, 5.74) is 2.49. The highest BCUT2D eigenvalue weighted by Crippen LogP contribution is 2.32. The van der Waals surface area contributed by atoms with Crippen LogP contribution >= 0.6 is 24.0 Å². The molecule has 6 heteroatoms. The fourth-order valence-electron chi connectivity index (χ4n) is 2.76. The summed E-state index contributed by atoms with van der Waals surface area (Å²) in [6.07, 6.45) is 2.10. The van der Waals surface area contributed by atoms with Crippen LogP contribution in [0.4, 0.5) is 0 Å². The summed E-state index contributed by atoms with van der Waals surface area (Å²) < 4.78 is 10.8. The van der Waals surface area contributed by atoms with Crippen molar-refractivity contribution in [3.05, 3.63) is 59.7 Å². The largest absolute Gasteiger partial charge is 0.454 e. The van der Waals surface area contributed by atoms with Crippen molar-refractivity contribution >= 4 is 29.9 Å². The summed E-state index contributed by atoms with van der Waals surface area (Å²) in [6.45, 7) is 3.16. The maximum Gasteiger partial charge on any atom is 0.231 e. The van der Waals surface area contributed by atoms with E-state index in [0.29, 0.717) is 19.4 Å². The van der Waals surface area contributed by atoms with Crippen LogP contribution in [0.2, 0.25) is 0 Å². The van der Waals surface area contributed by atoms with Gasteiger partial charge >= 0.3 is 0 Å². The standard InChI is InChI=1S/C20H25N3O2.HI/c1-15(8-9-16-6-4-3-5-7-16)23-20(21-2)22-13-17-10-11-18-19(12-17)25-14-24-18;/h3-7,10-12,15H,8-9,13-14H2,1-2H3,(H2,21,22,23);1H. The molecule has 1 aliphatic heterocycles. The molecule has 0 saturated heterocycles. The Kier molecular flexibility index (Phi) is 8.03. The van der Waals surface area contributed by atoms with Crippen LogP contribution in [-0.2, 0) is 13.0 Å². The molecule has 0 spiro atoms. The Hall–Kier alpha value is -1.96. The lowest BCUT2D eigenvalue weighted by molar-refractivity contribution is 0.174. The maximum absolute atomic E-state index is 5.41. The van der Waals surface area contributed by atoms with E-state index >= 15 is 0 Å². The molecule has 2 aromatic rings. The van der Waals surface area contributed by atoms with Crippen molar-refractivity contribution in [2.24, 2.45) is 4.99 Å². The normalized spacial score (nSPS) is 13.7. The Morgan fingerprint density at radius 3 is 2.62 bits per heavy atom. The number of halogens is 1. The van der Waals surface area contributed by atoms with Gasteiger partial charge in [-0.2, -0.15) is 0 Å². The second-order valence-electron chi connectivity index (χ2n) is 6.18. The van der Waals surface area contributed by atoms with Crippen LogP contribution in [0.1, 0.15) is 24.5 Å². The molecule has 140 valence electrons. The van der Waals surface area contributed by atoms with Crippen molar-refractivity contribution in [2.75, 3.05) is 13.8 Å². The summed E-state index contributed by atoms with van der Waals surface area (Å²) >= 11 is 0. The topological polar surface area (TPSA) is 54.9 Å². The number of aliphatic imine (C=N–C) groups is 1. The highest BCUT2D eigenvalue weighted by molar-refractivity contribution is 14.0. The SMILES string of the molecule is CN=C(NCc1ccc2c(c1)OCO2)NC(C)CCc1ccccc1.I. The first kappa shape index (κ1) is 20.4. The van der Waals surface area contributed by atoms with Crippen LogP contribution in [0.5, 0.6) is 11.5 Å². The van der Waals surface area contributed by atoms with Crippen molar-refractivity contribution in [1.82, 2.24) is 10.6 Å². The van der Waals surface area contributed by atoms with E-state index in [9.17, 15) is 0 Å². The lowest BCUT2D eigenvalue weighted by Gasteiger charge is -2.18. The van der Waals surface area contributed by atoms with E-state index in [2.05, 4.69) is 46.8 Å². The molecule has 0 bridgehead atoms. The van der Waals surface area contributed by atoms with E-state index in [-0.39, 0.29) is 24.0 Å². The van der Waals surface area contributed by atoms with Gasteiger partial charge in [0.1, 0.15) is 0 Å². The van der Waals surface area contributed by atoms with Gasteiger partial charge in [-0.25, -0.2) is 0 Å². The third kappa shape index (κ3) is 5.79. The molecule has 1 unspecified atom stereocenters. The number of nitrogens with zero attached hydrogens (tertiary/aromatic N) is 1. The number of hydrogen-bond acceptors (Lipinski definition) is 3. The monoisotopic (exact) mass is 467 g/mol. The van der Waals surface area contributed by atoms with E-state index in [1.165, 1.54) is 5.56 Å². The number of ether oxygens (including phenoxy) is 2. The van der Waals surface area contributed by atoms with Crippen molar-refractivity contribution in [3.63, 3.8) is 0 Å². The van der Waals surface area contributed by atoms with E-state index < -0.39 is 0 Å². The average molecular weight is 467 g/mol. The van der Waals surface area contributed by atoms with Crippen molar-refractivity contribution in [3.8, 4) is 11.5 Å². The van der Waals surface area contributed by atoms with Crippen LogP contribution in [0.15, 0.2) is 53.5 Å². The molecule has 2 aromatic carbocycles. The first-order valence-electron chi connectivity index (χ1n) is 8.64. The lowest BCUT2D eigenvalue weighted by atomic mass is 10.1. The summed E-state index contributed by atoms with van der Waals surface area (Å²) in [6, 6.07) is 16.9. The van der Waals surface area contributed by atoms with Crippen molar-refractivity contribution in [1.29, 1.82) is 0 Å². The molecule has 0 radical (unpaired) electrons. The Balaban J connectivity index is 0.00000243. The summed E-state index contributed by atoms with van der Waals surface area (Å²) in [7, 11) is 1.79. The molecule has 1 atom stereocenters. The molecule has 0 aromatic heterocycles. The number of guanidine groups is 1. The van der Waals surface area contributed by atoms with E-state index in [0.717, 1.165) is 35.9 Å². The zero-order valence-corrected chi connectivity index (χ0v) is 17.5. The van der Waals surface area contributed by atoms with E-state index in [1.807, 2.05) is 24.3 Å². The van der Waals surface area contributed by atoms with Gasteiger partial charge < -0.3 is 20.1 Å². The number of nitrogens with one attached hydrogen (secondary N) is 2. The molecular formula is C20H26IN3O2. The molecule has 0 saturated carbocycles. The van der Waals surface area contributed by atoms with Crippen LogP contribution in [0.3, 0.4) is 0 Å². The van der Waals surface area contributed by atoms with Gasteiger partial charge in [0.25, 0.3) is 0 Å². The molecule has 5 nitrogen and oxygen atoms in total. The molecule has 26 heavy (non-hydrogen) atoms. The molecule has 2 N–H and O–H groups in total. The molecule has 1 aliphatic rings. The lowest BCUT2D eigenvalue weighted by Crippen LogP contribution is -2.42. The summed E-state index contributed by atoms with van der Waals surface area (Å²) in [4.78, 5) is 4.31. The minimum absolute atomic E-state index is 0. The third-order valence-corrected chi connectivity index (χ3v) is 4.21. The second-order valence-corrected chi connectivity index (χ2v) is 6.18. The van der Waals surface area contributed by atoms with Crippen molar-refractivity contribution in [2.45, 2.75) is 32.4 Å². The molecule has 0 aliphatic carbocycles.